The number of hydrogen-bond acceptors (Lipinski definition) is 4. The zero-order valence-corrected chi connectivity index (χ0v) is 14.3. The van der Waals surface area contributed by atoms with Gasteiger partial charge in [0, 0.05) is 23.4 Å². The van der Waals surface area contributed by atoms with Crippen LogP contribution in [0.1, 0.15) is 18.4 Å². The molecule has 4 nitrogen and oxygen atoms in total. The highest BCUT2D eigenvalue weighted by Crippen LogP contribution is 2.32. The number of nitrogens with one attached hydrogen (secondary N) is 2. The van der Waals surface area contributed by atoms with Crippen LogP contribution in [-0.4, -0.2) is 16.0 Å². The van der Waals surface area contributed by atoms with Crippen molar-refractivity contribution >= 4 is 17.3 Å². The summed E-state index contributed by atoms with van der Waals surface area (Å²) in [6.45, 7) is 0. The summed E-state index contributed by atoms with van der Waals surface area (Å²) in [5.74, 6) is 1.60. The molecule has 1 aliphatic carbocycles. The molecule has 0 amide bonds. The van der Waals surface area contributed by atoms with Crippen molar-refractivity contribution in [2.24, 2.45) is 0 Å². The minimum atomic E-state index is -4.39. The van der Waals surface area contributed by atoms with Gasteiger partial charge in [-0.1, -0.05) is 36.4 Å². The maximum Gasteiger partial charge on any atom is 0.416 e. The second-order valence-electron chi connectivity index (χ2n) is 6.45. The molecule has 0 spiro atoms. The van der Waals surface area contributed by atoms with E-state index in [0.29, 0.717) is 29.2 Å². The second-order valence-corrected chi connectivity index (χ2v) is 6.45. The van der Waals surface area contributed by atoms with E-state index in [2.05, 4.69) is 20.6 Å². The molecule has 1 aliphatic rings. The van der Waals surface area contributed by atoms with E-state index in [1.165, 1.54) is 6.07 Å². The number of halogens is 3. The lowest BCUT2D eigenvalue weighted by Crippen LogP contribution is -2.07. The lowest BCUT2D eigenvalue weighted by molar-refractivity contribution is -0.137. The Bertz CT molecular complexity index is 937. The third-order valence-corrected chi connectivity index (χ3v) is 4.15. The molecule has 0 bridgehead atoms. The molecule has 1 aromatic heterocycles. The Kier molecular flexibility index (Phi) is 4.43. The first-order valence-electron chi connectivity index (χ1n) is 8.63. The van der Waals surface area contributed by atoms with E-state index in [4.69, 9.17) is 0 Å². The SMILES string of the molecule is FC(F)(F)c1cccc(Nc2cc(NC3CC3)nc(-c3ccccc3)n2)c1. The van der Waals surface area contributed by atoms with Crippen LogP contribution in [0.2, 0.25) is 0 Å². The first-order valence-corrected chi connectivity index (χ1v) is 8.63. The van der Waals surface area contributed by atoms with Crippen molar-refractivity contribution in [2.75, 3.05) is 10.6 Å². The fourth-order valence-electron chi connectivity index (χ4n) is 2.66. The predicted octanol–water partition coefficient (Wildman–Crippen LogP) is 5.48. The summed E-state index contributed by atoms with van der Waals surface area (Å²) in [5, 5.41) is 6.29. The first-order chi connectivity index (χ1) is 13.0. The fraction of sp³-hybridized carbons (Fsp3) is 0.200. The molecule has 2 aromatic carbocycles. The van der Waals surface area contributed by atoms with Crippen LogP contribution in [0.4, 0.5) is 30.5 Å². The molecule has 1 fully saturated rings. The molecule has 0 unspecified atom stereocenters. The summed E-state index contributed by atoms with van der Waals surface area (Å²) < 4.78 is 38.8. The van der Waals surface area contributed by atoms with Gasteiger partial charge in [0.15, 0.2) is 5.82 Å². The smallest absolute Gasteiger partial charge is 0.367 e. The number of benzene rings is 2. The molecule has 1 saturated carbocycles. The Hall–Kier alpha value is -3.09. The molecule has 7 heteroatoms. The Labute approximate surface area is 154 Å². The number of aromatic nitrogens is 2. The van der Waals surface area contributed by atoms with Gasteiger partial charge in [-0.05, 0) is 31.0 Å². The highest BCUT2D eigenvalue weighted by atomic mass is 19.4. The summed E-state index contributed by atoms with van der Waals surface area (Å²) in [6.07, 6.45) is -2.22. The molecular weight excluding hydrogens is 353 g/mol. The first kappa shape index (κ1) is 17.3. The monoisotopic (exact) mass is 370 g/mol. The maximum atomic E-state index is 12.9. The summed E-state index contributed by atoms with van der Waals surface area (Å²) in [7, 11) is 0. The topological polar surface area (TPSA) is 49.8 Å². The maximum absolute atomic E-state index is 12.9. The van der Waals surface area contributed by atoms with Crippen molar-refractivity contribution in [3.63, 3.8) is 0 Å². The second kappa shape index (κ2) is 6.90. The molecular formula is C20H17F3N4. The van der Waals surface area contributed by atoms with Crippen molar-refractivity contribution in [1.82, 2.24) is 9.97 Å². The average molecular weight is 370 g/mol. The van der Waals surface area contributed by atoms with Crippen molar-refractivity contribution in [3.05, 3.63) is 66.2 Å². The molecule has 2 N–H and O–H groups in total. The van der Waals surface area contributed by atoms with Crippen molar-refractivity contribution in [3.8, 4) is 11.4 Å². The van der Waals surface area contributed by atoms with Crippen LogP contribution in [0.5, 0.6) is 0 Å². The Morgan fingerprint density at radius 2 is 1.59 bits per heavy atom. The molecule has 0 aliphatic heterocycles. The Morgan fingerprint density at radius 3 is 2.30 bits per heavy atom. The van der Waals surface area contributed by atoms with Gasteiger partial charge in [-0.25, -0.2) is 9.97 Å². The molecule has 1 heterocycles. The highest BCUT2D eigenvalue weighted by Gasteiger charge is 2.30. The fourth-order valence-corrected chi connectivity index (χ4v) is 2.66. The van der Waals surface area contributed by atoms with Crippen LogP contribution < -0.4 is 10.6 Å². The van der Waals surface area contributed by atoms with Gasteiger partial charge in [-0.3, -0.25) is 0 Å². The predicted molar refractivity (Wildman–Crippen MR) is 98.8 cm³/mol. The van der Waals surface area contributed by atoms with Gasteiger partial charge in [0.1, 0.15) is 11.6 Å². The molecule has 0 radical (unpaired) electrons. The number of anilines is 3. The van der Waals surface area contributed by atoms with Gasteiger partial charge >= 0.3 is 6.18 Å². The van der Waals surface area contributed by atoms with E-state index in [1.807, 2.05) is 30.3 Å². The van der Waals surface area contributed by atoms with Crippen molar-refractivity contribution in [1.29, 1.82) is 0 Å². The zero-order valence-electron chi connectivity index (χ0n) is 14.3. The van der Waals surface area contributed by atoms with E-state index in [0.717, 1.165) is 30.5 Å². The summed E-state index contributed by atoms with van der Waals surface area (Å²) in [4.78, 5) is 9.02. The Balaban J connectivity index is 1.67. The summed E-state index contributed by atoms with van der Waals surface area (Å²) >= 11 is 0. The summed E-state index contributed by atoms with van der Waals surface area (Å²) in [5.41, 5.74) is 0.449. The third-order valence-electron chi connectivity index (χ3n) is 4.15. The lowest BCUT2D eigenvalue weighted by atomic mass is 10.2. The largest absolute Gasteiger partial charge is 0.416 e. The van der Waals surface area contributed by atoms with E-state index in [1.54, 1.807) is 12.1 Å². The van der Waals surface area contributed by atoms with Gasteiger partial charge < -0.3 is 10.6 Å². The average Bonchev–Trinajstić information content (AvgIpc) is 3.46. The molecule has 138 valence electrons. The highest BCUT2D eigenvalue weighted by molar-refractivity contribution is 5.65. The number of alkyl halides is 3. The van der Waals surface area contributed by atoms with Crippen LogP contribution in [0.3, 0.4) is 0 Å². The van der Waals surface area contributed by atoms with Crippen LogP contribution in [-0.2, 0) is 6.18 Å². The van der Waals surface area contributed by atoms with Gasteiger partial charge in [0.2, 0.25) is 0 Å². The molecule has 4 rings (SSSR count). The standard InChI is InChI=1S/C20H17F3N4/c21-20(22,23)14-7-4-8-16(11-14)25-18-12-17(24-15-9-10-15)26-19(27-18)13-5-2-1-3-6-13/h1-8,11-12,15H,9-10H2,(H2,24,25,26,27). The molecule has 27 heavy (non-hydrogen) atoms. The minimum absolute atomic E-state index is 0.319. The minimum Gasteiger partial charge on any atom is -0.367 e. The van der Waals surface area contributed by atoms with Gasteiger partial charge in [-0.2, -0.15) is 13.2 Å². The van der Waals surface area contributed by atoms with Crippen LogP contribution in [0.25, 0.3) is 11.4 Å². The number of rotatable bonds is 5. The van der Waals surface area contributed by atoms with E-state index in [-0.39, 0.29) is 0 Å². The van der Waals surface area contributed by atoms with Crippen LogP contribution in [0, 0.1) is 0 Å². The van der Waals surface area contributed by atoms with Gasteiger partial charge in [-0.15, -0.1) is 0 Å². The Morgan fingerprint density at radius 1 is 0.852 bits per heavy atom. The van der Waals surface area contributed by atoms with E-state index < -0.39 is 11.7 Å². The van der Waals surface area contributed by atoms with Gasteiger partial charge in [0.25, 0.3) is 0 Å². The number of hydrogen-bond donors (Lipinski definition) is 2. The quantitative estimate of drug-likeness (QED) is 0.624. The van der Waals surface area contributed by atoms with E-state index in [9.17, 15) is 13.2 Å². The lowest BCUT2D eigenvalue weighted by Gasteiger charge is -2.13. The van der Waals surface area contributed by atoms with Gasteiger partial charge in [0.05, 0.1) is 5.56 Å². The third kappa shape index (κ3) is 4.36. The normalized spacial score (nSPS) is 14.0. The van der Waals surface area contributed by atoms with Crippen LogP contribution >= 0.6 is 0 Å². The van der Waals surface area contributed by atoms with Crippen LogP contribution in [0.15, 0.2) is 60.7 Å². The van der Waals surface area contributed by atoms with Crippen molar-refractivity contribution in [2.45, 2.75) is 25.1 Å². The molecule has 3 aromatic rings. The number of nitrogens with zero attached hydrogens (tertiary/aromatic N) is 2. The molecule has 0 saturated heterocycles. The molecule has 0 atom stereocenters. The van der Waals surface area contributed by atoms with Crippen molar-refractivity contribution < 1.29 is 13.2 Å². The van der Waals surface area contributed by atoms with E-state index >= 15 is 0 Å². The zero-order chi connectivity index (χ0) is 18.9. The summed E-state index contributed by atoms with van der Waals surface area (Å²) in [6, 6.07) is 16.6.